The Labute approximate surface area is 190 Å². The first-order chi connectivity index (χ1) is 14.2. The van der Waals surface area contributed by atoms with Crippen molar-refractivity contribution in [2.24, 2.45) is 5.92 Å². The molecule has 2 atom stereocenters. The topological polar surface area (TPSA) is 76.8 Å². The summed E-state index contributed by atoms with van der Waals surface area (Å²) in [5, 5.41) is 0. The van der Waals surface area contributed by atoms with Crippen LogP contribution in [0, 0.1) is 32.8 Å². The largest absolute Gasteiger partial charge is 0 e. The van der Waals surface area contributed by atoms with Crippen LogP contribution in [0.3, 0.4) is 0 Å². The molecule has 0 N–H and O–H groups in total. The van der Waals surface area contributed by atoms with E-state index in [1.165, 1.54) is 29.5 Å². The van der Waals surface area contributed by atoms with E-state index in [2.05, 4.69) is 64.1 Å². The van der Waals surface area contributed by atoms with Gasteiger partial charge in [-0.15, -0.1) is 0 Å². The normalized spacial score (nSPS) is 14.4. The number of carbonyl (C=O) groups excluding carboxylic acids is 1. The number of aryl methyl sites for hydroxylation is 2. The standard InChI is InChI=1S/C22H26O.3CO.Cr/c1-3-4-8-19(18-12-10-16(2)11-13-18)21-15-14-17-7-5-6-9-20(17)22(21)23;3*1-2;/h5-7,9-13,19,21H,3-4,8,14-15H2,1-2H3;;;;/t19-,21-;;;;/m0..../s1. The monoisotopic (exact) mass is 442 g/mol. The molecule has 0 amide bonds. The van der Waals surface area contributed by atoms with Gasteiger partial charge < -0.3 is 0 Å². The fourth-order valence-electron chi connectivity index (χ4n) is 3.84. The number of Topliss-reactive ketones (excluding diaryl/α,β-unsaturated/α-hetero) is 1. The first-order valence-corrected chi connectivity index (χ1v) is 9.50. The predicted octanol–water partition coefficient (Wildman–Crippen LogP) is 5.60. The van der Waals surface area contributed by atoms with E-state index >= 15 is 0 Å². The zero-order valence-electron chi connectivity index (χ0n) is 17.4. The molecule has 30 heavy (non-hydrogen) atoms. The summed E-state index contributed by atoms with van der Waals surface area (Å²) in [6.07, 6.45) is 5.49. The summed E-state index contributed by atoms with van der Waals surface area (Å²) < 4.78 is 22.5. The molecule has 0 fully saturated rings. The molecule has 1 aliphatic rings. The molecule has 3 rings (SSSR count). The van der Waals surface area contributed by atoms with Gasteiger partial charge in [-0.3, -0.25) is 4.79 Å². The molecule has 0 saturated heterocycles. The molecule has 0 aliphatic heterocycles. The Kier molecular flexibility index (Phi) is 17.7. The van der Waals surface area contributed by atoms with E-state index in [0.29, 0.717) is 11.7 Å². The molecule has 2 aromatic carbocycles. The summed E-state index contributed by atoms with van der Waals surface area (Å²) in [5.74, 6) is 0.851. The maximum Gasteiger partial charge on any atom is 0 e. The molecule has 5 heteroatoms. The van der Waals surface area contributed by atoms with Crippen LogP contribution in [-0.4, -0.2) is 5.78 Å². The first-order valence-electron chi connectivity index (χ1n) is 9.50. The van der Waals surface area contributed by atoms with Gasteiger partial charge in [-0.05, 0) is 43.2 Å². The van der Waals surface area contributed by atoms with Crippen LogP contribution in [0.5, 0.6) is 0 Å². The Morgan fingerprint density at radius 3 is 2.10 bits per heavy atom. The second-order valence-corrected chi connectivity index (χ2v) is 6.83. The smallest absolute Gasteiger partial charge is 0 e. The van der Waals surface area contributed by atoms with E-state index in [1.54, 1.807) is 0 Å². The quantitative estimate of drug-likeness (QED) is 0.439. The number of unbranched alkanes of at least 4 members (excludes halogenated alkanes) is 1. The molecular weight excluding hydrogens is 416 g/mol. The molecule has 2 aromatic rings. The van der Waals surface area contributed by atoms with E-state index in [0.717, 1.165) is 24.8 Å². The molecule has 0 spiro atoms. The Hall–Kier alpha value is -2.14. The Bertz CT molecular complexity index is 792. The van der Waals surface area contributed by atoms with Crippen molar-refractivity contribution < 1.29 is 36.1 Å². The van der Waals surface area contributed by atoms with Gasteiger partial charge in [0, 0.05) is 28.8 Å². The number of hydrogen-bond donors (Lipinski definition) is 0. The van der Waals surface area contributed by atoms with Gasteiger partial charge in [0.15, 0.2) is 5.78 Å². The molecule has 0 radical (unpaired) electrons. The average Bonchev–Trinajstić information content (AvgIpc) is 2.80. The second-order valence-electron chi connectivity index (χ2n) is 6.83. The van der Waals surface area contributed by atoms with Crippen LogP contribution in [-0.2, 0) is 37.7 Å². The molecule has 0 saturated carbocycles. The third kappa shape index (κ3) is 8.31. The van der Waals surface area contributed by atoms with Gasteiger partial charge in [-0.25, -0.2) is 0 Å². The maximum atomic E-state index is 13.1. The molecule has 0 aromatic heterocycles. The van der Waals surface area contributed by atoms with Crippen molar-refractivity contribution in [1.82, 2.24) is 0 Å². The van der Waals surface area contributed by atoms with E-state index < -0.39 is 0 Å². The fourth-order valence-corrected chi connectivity index (χ4v) is 3.84. The molecule has 0 bridgehead atoms. The number of carbonyl (C=O) groups is 1. The molecule has 0 unspecified atom stereocenters. The summed E-state index contributed by atoms with van der Waals surface area (Å²) in [7, 11) is 0. The zero-order chi connectivity index (χ0) is 22.2. The summed E-state index contributed by atoms with van der Waals surface area (Å²) in [6.45, 7) is 17.8. The van der Waals surface area contributed by atoms with Crippen LogP contribution in [0.15, 0.2) is 48.5 Å². The number of hydrogen-bond acceptors (Lipinski definition) is 1. The van der Waals surface area contributed by atoms with Gasteiger partial charge in [0.1, 0.15) is 0 Å². The Morgan fingerprint density at radius 1 is 0.967 bits per heavy atom. The van der Waals surface area contributed by atoms with Gasteiger partial charge in [-0.1, -0.05) is 73.9 Å². The second kappa shape index (κ2) is 17.7. The van der Waals surface area contributed by atoms with E-state index in [9.17, 15) is 4.79 Å². The molecule has 4 nitrogen and oxygen atoms in total. The summed E-state index contributed by atoms with van der Waals surface area (Å²) >= 11 is 0. The maximum absolute atomic E-state index is 13.1. The van der Waals surface area contributed by atoms with Crippen LogP contribution in [0.1, 0.15) is 65.6 Å². The van der Waals surface area contributed by atoms with E-state index in [1.807, 2.05) is 18.2 Å². The third-order valence-electron chi connectivity index (χ3n) is 5.20. The molecule has 0 heterocycles. The minimum atomic E-state index is 0. The van der Waals surface area contributed by atoms with Gasteiger partial charge in [0.2, 0.25) is 0 Å². The molecule has 1 aliphatic carbocycles. The van der Waals surface area contributed by atoms with E-state index in [-0.39, 0.29) is 23.3 Å². The van der Waals surface area contributed by atoms with Crippen molar-refractivity contribution in [3.8, 4) is 0 Å². The van der Waals surface area contributed by atoms with Gasteiger partial charge >= 0.3 is 33.9 Å². The SMILES string of the molecule is CCCC[C@@H](c1ccc(C)cc1)[C@@H]1CCc2ccccc2C1=O.[C-]#[O+].[C-]#[O+].[C-]#[O+].[Cr]. The van der Waals surface area contributed by atoms with E-state index in [4.69, 9.17) is 14.0 Å². The molecular formula is C25H26CrO4. The number of rotatable bonds is 5. The first kappa shape index (κ1) is 30.1. The van der Waals surface area contributed by atoms with Crippen LogP contribution in [0.2, 0.25) is 0 Å². The third-order valence-corrected chi connectivity index (χ3v) is 5.20. The van der Waals surface area contributed by atoms with Gasteiger partial charge in [-0.2, -0.15) is 0 Å². The number of benzene rings is 2. The average molecular weight is 442 g/mol. The zero-order valence-corrected chi connectivity index (χ0v) is 18.6. The number of fused-ring (bicyclic) bond motifs is 1. The van der Waals surface area contributed by atoms with Crippen molar-refractivity contribution in [1.29, 1.82) is 0 Å². The predicted molar refractivity (Wildman–Crippen MR) is 108 cm³/mol. The van der Waals surface area contributed by atoms with Crippen LogP contribution in [0.25, 0.3) is 0 Å². The van der Waals surface area contributed by atoms with Crippen molar-refractivity contribution in [2.45, 2.75) is 51.9 Å². The van der Waals surface area contributed by atoms with Gasteiger partial charge in [0.05, 0.1) is 0 Å². The Morgan fingerprint density at radius 2 is 1.53 bits per heavy atom. The number of ketones is 1. The van der Waals surface area contributed by atoms with Gasteiger partial charge in [0.25, 0.3) is 0 Å². The van der Waals surface area contributed by atoms with Crippen molar-refractivity contribution in [3.63, 3.8) is 0 Å². The summed E-state index contributed by atoms with van der Waals surface area (Å²) in [6, 6.07) is 17.0. The molecule has 156 valence electrons. The van der Waals surface area contributed by atoms with Crippen molar-refractivity contribution >= 4 is 5.78 Å². The fraction of sp³-hybridized carbons (Fsp3) is 0.360. The van der Waals surface area contributed by atoms with Crippen molar-refractivity contribution in [2.75, 3.05) is 0 Å². The minimum Gasteiger partial charge on any atom is 0 e. The van der Waals surface area contributed by atoms with Crippen LogP contribution in [0.4, 0.5) is 0 Å². The Balaban J connectivity index is 0. The van der Waals surface area contributed by atoms with Crippen LogP contribution >= 0.6 is 0 Å². The summed E-state index contributed by atoms with van der Waals surface area (Å²) in [5.41, 5.74) is 4.80. The van der Waals surface area contributed by atoms with Crippen molar-refractivity contribution in [3.05, 3.63) is 90.7 Å². The minimum absolute atomic E-state index is 0. The van der Waals surface area contributed by atoms with Crippen LogP contribution < -0.4 is 0 Å². The summed E-state index contributed by atoms with van der Waals surface area (Å²) in [4.78, 5) is 13.1.